The molecule has 0 aromatic heterocycles. The number of nitrogens with zero attached hydrogens (tertiary/aromatic N) is 2. The molecule has 2 saturated heterocycles. The van der Waals surface area contributed by atoms with E-state index in [1.807, 2.05) is 29.0 Å². The van der Waals surface area contributed by atoms with Gasteiger partial charge in [-0.15, -0.1) is 0 Å². The number of rotatable bonds is 8. The average Bonchev–Trinajstić information content (AvgIpc) is 3.57. The van der Waals surface area contributed by atoms with Crippen LogP contribution in [-0.2, 0) is 16.8 Å². The molecule has 1 atom stereocenters. The second-order valence-electron chi connectivity index (χ2n) is 9.58. The largest absolute Gasteiger partial charge is 0.489 e. The highest BCUT2D eigenvalue weighted by molar-refractivity contribution is 7.87. The van der Waals surface area contributed by atoms with Gasteiger partial charge in [-0.25, -0.2) is 9.11 Å². The minimum Gasteiger partial charge on any atom is -0.489 e. The Kier molecular flexibility index (Phi) is 7.03. The molecule has 1 aliphatic carbocycles. The topological polar surface area (TPSA) is 79.0 Å². The zero-order valence-electron chi connectivity index (χ0n) is 19.4. The van der Waals surface area contributed by atoms with Gasteiger partial charge < -0.3 is 4.74 Å². The summed E-state index contributed by atoms with van der Waals surface area (Å²) in [5.41, 5.74) is 1.63. The molecule has 35 heavy (non-hydrogen) atoms. The smallest absolute Gasteiger partial charge is 0.304 e. The van der Waals surface area contributed by atoms with E-state index in [9.17, 15) is 13.2 Å². The van der Waals surface area contributed by atoms with E-state index in [1.165, 1.54) is 16.4 Å². The van der Waals surface area contributed by atoms with Crippen LogP contribution in [-0.4, -0.2) is 55.8 Å². The average molecular weight is 522 g/mol. The highest BCUT2D eigenvalue weighted by Gasteiger charge is 2.33. The summed E-state index contributed by atoms with van der Waals surface area (Å²) in [5, 5.41) is 0.707. The summed E-state index contributed by atoms with van der Waals surface area (Å²) in [7, 11) is -3.95. The first-order chi connectivity index (χ1) is 16.8. The number of hydrogen-bond acceptors (Lipinski definition) is 5. The van der Waals surface area contributed by atoms with Crippen molar-refractivity contribution < 1.29 is 22.3 Å². The van der Waals surface area contributed by atoms with Crippen LogP contribution >= 0.6 is 11.6 Å². The third-order valence-electron chi connectivity index (χ3n) is 6.79. The highest BCUT2D eigenvalue weighted by atomic mass is 35.5. The van der Waals surface area contributed by atoms with Gasteiger partial charge in [0.1, 0.15) is 17.7 Å². The zero-order valence-corrected chi connectivity index (χ0v) is 21.0. The van der Waals surface area contributed by atoms with Crippen molar-refractivity contribution in [1.82, 2.24) is 13.9 Å². The monoisotopic (exact) mass is 521 g/mol. The first-order valence-electron chi connectivity index (χ1n) is 12.1. The van der Waals surface area contributed by atoms with Crippen LogP contribution in [0.4, 0.5) is 4.39 Å². The molecule has 2 aromatic carbocycles. The number of amides is 1. The maximum atomic E-state index is 15.0. The molecule has 0 radical (unpaired) electrons. The first kappa shape index (κ1) is 24.5. The molecule has 0 spiro atoms. The van der Waals surface area contributed by atoms with E-state index in [0.717, 1.165) is 56.3 Å². The van der Waals surface area contributed by atoms with Crippen LogP contribution in [0.2, 0.25) is 5.02 Å². The summed E-state index contributed by atoms with van der Waals surface area (Å²) in [6.07, 6.45) is 4.32. The van der Waals surface area contributed by atoms with E-state index in [1.54, 1.807) is 0 Å². The fourth-order valence-electron chi connectivity index (χ4n) is 4.65. The number of carbonyl (C=O) groups is 1. The van der Waals surface area contributed by atoms with E-state index >= 15 is 4.39 Å². The summed E-state index contributed by atoms with van der Waals surface area (Å²) in [4.78, 5) is 14.9. The summed E-state index contributed by atoms with van der Waals surface area (Å²) in [5.74, 6) is -1.10. The Morgan fingerprint density at radius 1 is 1.11 bits per heavy atom. The van der Waals surface area contributed by atoms with Crippen LogP contribution in [0.25, 0.3) is 0 Å². The molecule has 1 N–H and O–H groups in total. The minimum atomic E-state index is -3.95. The SMILES string of the molecule is O=C(NS(=O)(=O)N1CCC1)c1cc(C2CC2)c(OC2CCCN(Cc3cccc(Cl)c3)C2)cc1F. The predicted molar refractivity (Wildman–Crippen MR) is 131 cm³/mol. The molecule has 1 saturated carbocycles. The van der Waals surface area contributed by atoms with Gasteiger partial charge in [0, 0.05) is 37.3 Å². The van der Waals surface area contributed by atoms with E-state index in [-0.39, 0.29) is 17.6 Å². The Morgan fingerprint density at radius 3 is 2.60 bits per heavy atom. The van der Waals surface area contributed by atoms with Crippen molar-refractivity contribution in [3.8, 4) is 5.75 Å². The fourth-order valence-corrected chi connectivity index (χ4v) is 6.08. The molecule has 2 aromatic rings. The maximum Gasteiger partial charge on any atom is 0.304 e. The normalized spacial score (nSPS) is 21.4. The number of ether oxygens (including phenoxy) is 1. The Morgan fingerprint density at radius 2 is 1.91 bits per heavy atom. The summed E-state index contributed by atoms with van der Waals surface area (Å²) >= 11 is 6.12. The first-order valence-corrected chi connectivity index (χ1v) is 13.9. The van der Waals surface area contributed by atoms with Gasteiger partial charge in [0.15, 0.2) is 0 Å². The van der Waals surface area contributed by atoms with Crippen LogP contribution in [0.15, 0.2) is 36.4 Å². The number of halogens is 2. The van der Waals surface area contributed by atoms with Crippen molar-refractivity contribution >= 4 is 27.7 Å². The van der Waals surface area contributed by atoms with Crippen molar-refractivity contribution in [3.05, 3.63) is 63.9 Å². The molecular formula is C25H29ClFN3O4S. The lowest BCUT2D eigenvalue weighted by atomic mass is 10.0. The van der Waals surface area contributed by atoms with Crippen LogP contribution in [0.1, 0.15) is 59.5 Å². The van der Waals surface area contributed by atoms with Crippen LogP contribution in [0, 0.1) is 5.82 Å². The van der Waals surface area contributed by atoms with E-state index < -0.39 is 21.9 Å². The number of likely N-dealkylation sites (tertiary alicyclic amines) is 1. The summed E-state index contributed by atoms with van der Waals surface area (Å²) in [6.45, 7) is 3.13. The summed E-state index contributed by atoms with van der Waals surface area (Å²) in [6, 6.07) is 10.5. The van der Waals surface area contributed by atoms with Gasteiger partial charge >= 0.3 is 10.2 Å². The Labute approximate surface area is 210 Å². The number of hydrogen-bond donors (Lipinski definition) is 1. The zero-order chi connectivity index (χ0) is 24.6. The van der Waals surface area contributed by atoms with Gasteiger partial charge in [-0.2, -0.15) is 12.7 Å². The Bertz CT molecular complexity index is 1220. The van der Waals surface area contributed by atoms with Gasteiger partial charge in [0.2, 0.25) is 0 Å². The second kappa shape index (κ2) is 10.0. The van der Waals surface area contributed by atoms with Gasteiger partial charge in [-0.05, 0) is 73.9 Å². The molecule has 1 unspecified atom stereocenters. The van der Waals surface area contributed by atoms with Crippen molar-refractivity contribution in [3.63, 3.8) is 0 Å². The fraction of sp³-hybridized carbons (Fsp3) is 0.480. The van der Waals surface area contributed by atoms with Gasteiger partial charge in [-0.3, -0.25) is 9.69 Å². The standard InChI is InChI=1S/C25H29ClFN3O4S/c26-19-5-1-4-17(12-19)15-29-9-2-6-20(16-29)34-24-14-23(27)22(13-21(24)18-7-8-18)25(31)28-35(32,33)30-10-3-11-30/h1,4-5,12-14,18,20H,2-3,6-11,15-16H2,(H,28,31). The molecule has 2 aliphatic heterocycles. The van der Waals surface area contributed by atoms with Crippen molar-refractivity contribution in [2.24, 2.45) is 0 Å². The van der Waals surface area contributed by atoms with Crippen LogP contribution in [0.3, 0.4) is 0 Å². The van der Waals surface area contributed by atoms with E-state index in [2.05, 4.69) is 4.90 Å². The van der Waals surface area contributed by atoms with Crippen LogP contribution in [0.5, 0.6) is 5.75 Å². The lowest BCUT2D eigenvalue weighted by Crippen LogP contribution is -2.49. The number of benzene rings is 2. The van der Waals surface area contributed by atoms with E-state index in [0.29, 0.717) is 30.4 Å². The molecular weight excluding hydrogens is 493 g/mol. The molecule has 1 amide bonds. The third-order valence-corrected chi connectivity index (χ3v) is 8.51. The Hall–Kier alpha value is -2.20. The molecule has 0 bridgehead atoms. The van der Waals surface area contributed by atoms with Crippen LogP contribution < -0.4 is 9.46 Å². The lowest BCUT2D eigenvalue weighted by molar-refractivity contribution is 0.0832. The van der Waals surface area contributed by atoms with Gasteiger partial charge in [-0.1, -0.05) is 23.7 Å². The molecule has 188 valence electrons. The Balaban J connectivity index is 1.30. The molecule has 3 aliphatic rings. The highest BCUT2D eigenvalue weighted by Crippen LogP contribution is 2.45. The minimum absolute atomic E-state index is 0.105. The van der Waals surface area contributed by atoms with Gasteiger partial charge in [0.05, 0.1) is 5.56 Å². The third kappa shape index (κ3) is 5.80. The van der Waals surface area contributed by atoms with E-state index in [4.69, 9.17) is 16.3 Å². The predicted octanol–water partition coefficient (Wildman–Crippen LogP) is 4.08. The second-order valence-corrected chi connectivity index (χ2v) is 11.7. The molecule has 3 fully saturated rings. The lowest BCUT2D eigenvalue weighted by Gasteiger charge is -2.33. The number of piperidine rings is 1. The number of carbonyl (C=O) groups excluding carboxylic acids is 1. The van der Waals surface area contributed by atoms with Crippen molar-refractivity contribution in [2.75, 3.05) is 26.2 Å². The molecule has 10 heteroatoms. The van der Waals surface area contributed by atoms with Crippen molar-refractivity contribution in [2.45, 2.75) is 50.7 Å². The molecule has 7 nitrogen and oxygen atoms in total. The quantitative estimate of drug-likeness (QED) is 0.566. The van der Waals surface area contributed by atoms with Crippen molar-refractivity contribution in [1.29, 1.82) is 0 Å². The maximum absolute atomic E-state index is 15.0. The number of nitrogens with one attached hydrogen (secondary N) is 1. The molecule has 2 heterocycles. The molecule has 5 rings (SSSR count). The van der Waals surface area contributed by atoms with Gasteiger partial charge in [0.25, 0.3) is 5.91 Å². The summed E-state index contributed by atoms with van der Waals surface area (Å²) < 4.78 is 49.0.